The molecule has 1 N–H and O–H groups in total. The number of benzene rings is 1. The van der Waals surface area contributed by atoms with Crippen LogP contribution in [0.5, 0.6) is 5.75 Å². The van der Waals surface area contributed by atoms with Crippen molar-refractivity contribution >= 4 is 0 Å². The van der Waals surface area contributed by atoms with E-state index in [1.165, 1.54) is 12.1 Å². The third kappa shape index (κ3) is 3.55. The topological polar surface area (TPSA) is 34.2 Å². The highest BCUT2D eigenvalue weighted by molar-refractivity contribution is 5.40. The molecule has 2 rings (SSSR count). The highest BCUT2D eigenvalue weighted by Crippen LogP contribution is 2.30. The van der Waals surface area contributed by atoms with E-state index < -0.39 is 17.7 Å². The Hall–Kier alpha value is -2.01. The number of aromatic nitrogens is 1. The number of pyridine rings is 1. The van der Waals surface area contributed by atoms with Crippen LogP contribution in [-0.2, 0) is 0 Å². The molecule has 1 heterocycles. The average Bonchev–Trinajstić information content (AvgIpc) is 2.49. The van der Waals surface area contributed by atoms with E-state index in [2.05, 4.69) is 10.3 Å². The predicted octanol–water partition coefficient (Wildman–Crippen LogP) is 3.46. The SMILES string of the molecule is CCCNC(c1ccc(F)cc1F)c1ccncc1OC. The van der Waals surface area contributed by atoms with Crippen LogP contribution in [-0.4, -0.2) is 18.6 Å². The van der Waals surface area contributed by atoms with Gasteiger partial charge in [0.1, 0.15) is 17.4 Å². The standard InChI is InChI=1S/C16H18F2N2O/c1-3-7-20-16(12-5-4-11(17)9-14(12)18)13-6-8-19-10-15(13)21-2/h4-6,8-10,16,20H,3,7H2,1-2H3. The number of hydrogen-bond donors (Lipinski definition) is 1. The molecular weight excluding hydrogens is 274 g/mol. The second-order valence-electron chi connectivity index (χ2n) is 4.67. The summed E-state index contributed by atoms with van der Waals surface area (Å²) in [7, 11) is 1.54. The summed E-state index contributed by atoms with van der Waals surface area (Å²) in [5.41, 5.74) is 1.15. The Kier molecular flexibility index (Phi) is 5.22. The molecule has 0 amide bonds. The Balaban J connectivity index is 2.47. The van der Waals surface area contributed by atoms with Gasteiger partial charge in [-0.05, 0) is 25.1 Å². The highest BCUT2D eigenvalue weighted by Gasteiger charge is 2.21. The molecule has 1 aromatic carbocycles. The van der Waals surface area contributed by atoms with E-state index >= 15 is 0 Å². The molecule has 0 aliphatic carbocycles. The molecule has 0 saturated heterocycles. The minimum absolute atomic E-state index is 0.384. The third-order valence-corrected chi connectivity index (χ3v) is 3.22. The van der Waals surface area contributed by atoms with Crippen molar-refractivity contribution in [2.45, 2.75) is 19.4 Å². The van der Waals surface area contributed by atoms with E-state index in [0.29, 0.717) is 17.9 Å². The smallest absolute Gasteiger partial charge is 0.142 e. The summed E-state index contributed by atoms with van der Waals surface area (Å²) in [4.78, 5) is 4.00. The quantitative estimate of drug-likeness (QED) is 0.885. The minimum atomic E-state index is -0.591. The summed E-state index contributed by atoms with van der Waals surface area (Å²) in [6.07, 6.45) is 4.10. The fourth-order valence-electron chi connectivity index (χ4n) is 2.21. The molecule has 0 saturated carbocycles. The van der Waals surface area contributed by atoms with Crippen LogP contribution in [0, 0.1) is 11.6 Å². The zero-order chi connectivity index (χ0) is 15.2. The number of rotatable bonds is 6. The Morgan fingerprint density at radius 2 is 2.05 bits per heavy atom. The van der Waals surface area contributed by atoms with Crippen LogP contribution in [0.4, 0.5) is 8.78 Å². The summed E-state index contributed by atoms with van der Waals surface area (Å²) in [6, 6.07) is 4.96. The largest absolute Gasteiger partial charge is 0.495 e. The molecular formula is C16H18F2N2O. The van der Waals surface area contributed by atoms with E-state index in [1.54, 1.807) is 25.6 Å². The van der Waals surface area contributed by atoms with Gasteiger partial charge in [-0.1, -0.05) is 13.0 Å². The molecule has 1 aromatic heterocycles. The molecule has 2 aromatic rings. The first kappa shape index (κ1) is 15.4. The molecule has 0 aliphatic rings. The molecule has 0 radical (unpaired) electrons. The monoisotopic (exact) mass is 292 g/mol. The van der Waals surface area contributed by atoms with Crippen molar-refractivity contribution < 1.29 is 13.5 Å². The molecule has 21 heavy (non-hydrogen) atoms. The van der Waals surface area contributed by atoms with Crippen LogP contribution in [0.1, 0.15) is 30.5 Å². The maximum absolute atomic E-state index is 14.1. The fourth-order valence-corrected chi connectivity index (χ4v) is 2.21. The van der Waals surface area contributed by atoms with E-state index in [9.17, 15) is 8.78 Å². The number of nitrogens with one attached hydrogen (secondary N) is 1. The summed E-state index contributed by atoms with van der Waals surface area (Å²) in [5.74, 6) is -0.607. The van der Waals surface area contributed by atoms with Gasteiger partial charge in [-0.3, -0.25) is 4.98 Å². The molecule has 1 atom stereocenters. The summed E-state index contributed by atoms with van der Waals surface area (Å²) < 4.78 is 32.5. The van der Waals surface area contributed by atoms with Crippen molar-refractivity contribution in [1.82, 2.24) is 10.3 Å². The second-order valence-corrected chi connectivity index (χ2v) is 4.67. The van der Waals surface area contributed by atoms with Gasteiger partial charge < -0.3 is 10.1 Å². The Morgan fingerprint density at radius 1 is 1.24 bits per heavy atom. The molecule has 0 aliphatic heterocycles. The highest BCUT2D eigenvalue weighted by atomic mass is 19.1. The molecule has 5 heteroatoms. The van der Waals surface area contributed by atoms with Gasteiger partial charge in [-0.25, -0.2) is 8.78 Å². The predicted molar refractivity (Wildman–Crippen MR) is 77.3 cm³/mol. The molecule has 112 valence electrons. The van der Waals surface area contributed by atoms with E-state index in [1.807, 2.05) is 6.92 Å². The first-order valence-corrected chi connectivity index (χ1v) is 6.83. The first-order chi connectivity index (χ1) is 10.2. The number of hydrogen-bond acceptors (Lipinski definition) is 3. The number of methoxy groups -OCH3 is 1. The van der Waals surface area contributed by atoms with Crippen molar-refractivity contribution in [2.75, 3.05) is 13.7 Å². The van der Waals surface area contributed by atoms with Gasteiger partial charge in [0.25, 0.3) is 0 Å². The normalized spacial score (nSPS) is 12.2. The van der Waals surface area contributed by atoms with Gasteiger partial charge in [0.05, 0.1) is 19.3 Å². The number of nitrogens with zero attached hydrogens (tertiary/aromatic N) is 1. The molecule has 0 fully saturated rings. The van der Waals surface area contributed by atoms with Gasteiger partial charge in [0, 0.05) is 23.4 Å². The van der Waals surface area contributed by atoms with Crippen molar-refractivity contribution in [3.05, 3.63) is 59.4 Å². The number of halogens is 2. The van der Waals surface area contributed by atoms with Crippen molar-refractivity contribution in [3.8, 4) is 5.75 Å². The van der Waals surface area contributed by atoms with Gasteiger partial charge in [0.2, 0.25) is 0 Å². The lowest BCUT2D eigenvalue weighted by Crippen LogP contribution is -2.24. The average molecular weight is 292 g/mol. The van der Waals surface area contributed by atoms with Gasteiger partial charge in [0.15, 0.2) is 0 Å². The zero-order valence-electron chi connectivity index (χ0n) is 12.1. The summed E-state index contributed by atoms with van der Waals surface area (Å²) in [6.45, 7) is 2.72. The van der Waals surface area contributed by atoms with Crippen LogP contribution in [0.2, 0.25) is 0 Å². The van der Waals surface area contributed by atoms with Crippen molar-refractivity contribution in [3.63, 3.8) is 0 Å². The number of ether oxygens (including phenoxy) is 1. The lowest BCUT2D eigenvalue weighted by atomic mass is 9.98. The van der Waals surface area contributed by atoms with Crippen LogP contribution < -0.4 is 10.1 Å². The van der Waals surface area contributed by atoms with Crippen LogP contribution in [0.15, 0.2) is 36.7 Å². The van der Waals surface area contributed by atoms with E-state index in [0.717, 1.165) is 18.1 Å². The second kappa shape index (κ2) is 7.13. The van der Waals surface area contributed by atoms with Crippen molar-refractivity contribution in [1.29, 1.82) is 0 Å². The molecule has 1 unspecified atom stereocenters. The minimum Gasteiger partial charge on any atom is -0.495 e. The maximum atomic E-state index is 14.1. The first-order valence-electron chi connectivity index (χ1n) is 6.83. The zero-order valence-corrected chi connectivity index (χ0v) is 12.1. The fraction of sp³-hybridized carbons (Fsp3) is 0.312. The van der Waals surface area contributed by atoms with Crippen LogP contribution in [0.25, 0.3) is 0 Å². The third-order valence-electron chi connectivity index (χ3n) is 3.22. The molecule has 0 bridgehead atoms. The van der Waals surface area contributed by atoms with Crippen LogP contribution >= 0.6 is 0 Å². The van der Waals surface area contributed by atoms with E-state index in [4.69, 9.17) is 4.74 Å². The summed E-state index contributed by atoms with van der Waals surface area (Å²) >= 11 is 0. The maximum Gasteiger partial charge on any atom is 0.142 e. The van der Waals surface area contributed by atoms with Gasteiger partial charge in [-0.15, -0.1) is 0 Å². The Labute approximate surface area is 123 Å². The van der Waals surface area contributed by atoms with Gasteiger partial charge in [-0.2, -0.15) is 0 Å². The Bertz CT molecular complexity index is 605. The lowest BCUT2D eigenvalue weighted by molar-refractivity contribution is 0.400. The van der Waals surface area contributed by atoms with Crippen LogP contribution in [0.3, 0.4) is 0 Å². The lowest BCUT2D eigenvalue weighted by Gasteiger charge is -2.22. The van der Waals surface area contributed by atoms with Gasteiger partial charge >= 0.3 is 0 Å². The van der Waals surface area contributed by atoms with E-state index in [-0.39, 0.29) is 0 Å². The molecule has 0 spiro atoms. The molecule has 3 nitrogen and oxygen atoms in total. The Morgan fingerprint density at radius 3 is 2.71 bits per heavy atom. The summed E-state index contributed by atoms with van der Waals surface area (Å²) in [5, 5.41) is 3.27. The van der Waals surface area contributed by atoms with Crippen molar-refractivity contribution in [2.24, 2.45) is 0 Å².